The van der Waals surface area contributed by atoms with Gasteiger partial charge in [0.05, 0.1) is 0 Å². The number of benzene rings is 1. The molecule has 6 heteroatoms. The highest BCUT2D eigenvalue weighted by molar-refractivity contribution is 6.02. The molecule has 1 N–H and O–H groups in total. The van der Waals surface area contributed by atoms with Gasteiger partial charge in [-0.15, -0.1) is 0 Å². The van der Waals surface area contributed by atoms with Gasteiger partial charge in [-0.2, -0.15) is 0 Å². The number of hydrogen-bond acceptors (Lipinski definition) is 4. The molecule has 0 aliphatic carbocycles. The molecule has 0 unspecified atom stereocenters. The number of aromatic nitrogens is 3. The average molecular weight is 268 g/mol. The van der Waals surface area contributed by atoms with Crippen molar-refractivity contribution in [1.29, 1.82) is 0 Å². The third-order valence-corrected chi connectivity index (χ3v) is 2.85. The molecular weight excluding hydrogens is 256 g/mol. The van der Waals surface area contributed by atoms with Gasteiger partial charge in [-0.3, -0.25) is 10.1 Å². The molecule has 0 radical (unpaired) electrons. The van der Waals surface area contributed by atoms with E-state index in [2.05, 4.69) is 15.5 Å². The highest BCUT2D eigenvalue weighted by Gasteiger charge is 2.15. The zero-order valence-electron chi connectivity index (χ0n) is 10.8. The van der Waals surface area contributed by atoms with Gasteiger partial charge in [0.1, 0.15) is 0 Å². The summed E-state index contributed by atoms with van der Waals surface area (Å²) < 4.78 is 6.89. The molecule has 0 saturated heterocycles. The van der Waals surface area contributed by atoms with Crippen molar-refractivity contribution in [2.75, 3.05) is 5.32 Å². The maximum absolute atomic E-state index is 12.0. The number of rotatable bonds is 3. The Hall–Kier alpha value is -2.89. The van der Waals surface area contributed by atoms with Gasteiger partial charge >= 0.3 is 0 Å². The van der Waals surface area contributed by atoms with Gasteiger partial charge in [0.25, 0.3) is 5.91 Å². The van der Waals surface area contributed by atoms with Gasteiger partial charge in [-0.05, 0) is 0 Å². The largest absolute Gasteiger partial charge is 0.355 e. The molecule has 6 nitrogen and oxygen atoms in total. The van der Waals surface area contributed by atoms with Crippen molar-refractivity contribution in [2.45, 2.75) is 0 Å². The number of imidazole rings is 1. The Morgan fingerprint density at radius 2 is 2.10 bits per heavy atom. The van der Waals surface area contributed by atoms with Crippen LogP contribution in [0.5, 0.6) is 0 Å². The number of nitrogens with zero attached hydrogens (tertiary/aromatic N) is 3. The predicted molar refractivity (Wildman–Crippen MR) is 73.1 cm³/mol. The molecule has 1 amide bonds. The molecule has 2 heterocycles. The SMILES string of the molecule is Cn1ccnc1NC(=O)c1cc(-c2ccccc2)on1. The number of carbonyl (C=O) groups excluding carboxylic acids is 1. The molecule has 0 spiro atoms. The highest BCUT2D eigenvalue weighted by atomic mass is 16.5. The molecule has 0 bridgehead atoms. The Balaban J connectivity index is 1.80. The molecule has 3 rings (SSSR count). The van der Waals surface area contributed by atoms with E-state index in [9.17, 15) is 4.79 Å². The Morgan fingerprint density at radius 1 is 1.30 bits per heavy atom. The first-order chi connectivity index (χ1) is 9.74. The zero-order chi connectivity index (χ0) is 13.9. The van der Waals surface area contributed by atoms with Gasteiger partial charge in [-0.1, -0.05) is 35.5 Å². The fraction of sp³-hybridized carbons (Fsp3) is 0.0714. The average Bonchev–Trinajstić information content (AvgIpc) is 3.10. The van der Waals surface area contributed by atoms with Crippen LogP contribution in [0.3, 0.4) is 0 Å². The summed E-state index contributed by atoms with van der Waals surface area (Å²) in [5.41, 5.74) is 1.09. The van der Waals surface area contributed by atoms with Gasteiger partial charge in [0.15, 0.2) is 11.5 Å². The minimum atomic E-state index is -0.356. The van der Waals surface area contributed by atoms with Crippen molar-refractivity contribution in [3.63, 3.8) is 0 Å². The quantitative estimate of drug-likeness (QED) is 0.791. The van der Waals surface area contributed by atoms with Crippen LogP contribution in [0, 0.1) is 0 Å². The van der Waals surface area contributed by atoms with E-state index in [4.69, 9.17) is 4.52 Å². The summed E-state index contributed by atoms with van der Waals surface area (Å²) in [5, 5.41) is 6.44. The van der Waals surface area contributed by atoms with Gasteiger partial charge in [0.2, 0.25) is 5.95 Å². The second-order valence-electron chi connectivity index (χ2n) is 4.26. The van der Waals surface area contributed by atoms with E-state index in [1.54, 1.807) is 30.1 Å². The predicted octanol–water partition coefficient (Wildman–Crippen LogP) is 2.33. The number of amides is 1. The van der Waals surface area contributed by atoms with Crippen LogP contribution in [-0.2, 0) is 7.05 Å². The maximum atomic E-state index is 12.0. The summed E-state index contributed by atoms with van der Waals surface area (Å²) in [6.07, 6.45) is 3.35. The van der Waals surface area contributed by atoms with Crippen LogP contribution < -0.4 is 5.32 Å². The maximum Gasteiger partial charge on any atom is 0.280 e. The van der Waals surface area contributed by atoms with Gasteiger partial charge < -0.3 is 9.09 Å². The lowest BCUT2D eigenvalue weighted by molar-refractivity contribution is 0.101. The number of hydrogen-bond donors (Lipinski definition) is 1. The molecule has 2 aromatic heterocycles. The first-order valence-corrected chi connectivity index (χ1v) is 6.05. The van der Waals surface area contributed by atoms with Crippen molar-refractivity contribution in [2.24, 2.45) is 7.05 Å². The lowest BCUT2D eigenvalue weighted by Crippen LogP contribution is -2.15. The fourth-order valence-electron chi connectivity index (χ4n) is 1.77. The molecule has 20 heavy (non-hydrogen) atoms. The van der Waals surface area contributed by atoms with Crippen molar-refractivity contribution >= 4 is 11.9 Å². The lowest BCUT2D eigenvalue weighted by Gasteiger charge is -2.01. The van der Waals surface area contributed by atoms with E-state index >= 15 is 0 Å². The summed E-state index contributed by atoms with van der Waals surface area (Å²) in [6, 6.07) is 11.1. The Labute approximate surface area is 115 Å². The third kappa shape index (κ3) is 2.31. The van der Waals surface area contributed by atoms with E-state index in [-0.39, 0.29) is 11.6 Å². The number of aryl methyl sites for hydroxylation is 1. The monoisotopic (exact) mass is 268 g/mol. The molecule has 0 aliphatic heterocycles. The molecule has 0 aliphatic rings. The van der Waals surface area contributed by atoms with E-state index < -0.39 is 0 Å². The van der Waals surface area contributed by atoms with Crippen molar-refractivity contribution in [1.82, 2.24) is 14.7 Å². The summed E-state index contributed by atoms with van der Waals surface area (Å²) in [7, 11) is 1.79. The topological polar surface area (TPSA) is 73.0 Å². The molecule has 3 aromatic rings. The summed E-state index contributed by atoms with van der Waals surface area (Å²) in [5.74, 6) is 0.653. The molecule has 0 saturated carbocycles. The second kappa shape index (κ2) is 5.00. The van der Waals surface area contributed by atoms with Crippen LogP contribution in [0.15, 0.2) is 53.3 Å². The third-order valence-electron chi connectivity index (χ3n) is 2.85. The summed E-state index contributed by atoms with van der Waals surface area (Å²) in [4.78, 5) is 16.0. The van der Waals surface area contributed by atoms with Crippen molar-refractivity contribution in [3.8, 4) is 11.3 Å². The Kier molecular flexibility index (Phi) is 3.04. The minimum absolute atomic E-state index is 0.215. The first kappa shape index (κ1) is 12.2. The smallest absolute Gasteiger partial charge is 0.280 e. The lowest BCUT2D eigenvalue weighted by atomic mass is 10.1. The van der Waals surface area contributed by atoms with Crippen LogP contribution in [0.4, 0.5) is 5.95 Å². The standard InChI is InChI=1S/C14H12N4O2/c1-18-8-7-15-14(18)16-13(19)11-9-12(20-17-11)10-5-3-2-4-6-10/h2-9H,1H3,(H,15,16,19). The fourth-order valence-corrected chi connectivity index (χ4v) is 1.77. The Morgan fingerprint density at radius 3 is 2.80 bits per heavy atom. The molecule has 1 aromatic carbocycles. The zero-order valence-corrected chi connectivity index (χ0v) is 10.8. The van der Waals surface area contributed by atoms with Gasteiger partial charge in [0, 0.05) is 31.1 Å². The first-order valence-electron chi connectivity index (χ1n) is 6.05. The van der Waals surface area contributed by atoms with E-state index in [0.717, 1.165) is 5.56 Å². The number of nitrogens with one attached hydrogen (secondary N) is 1. The van der Waals surface area contributed by atoms with Gasteiger partial charge in [-0.25, -0.2) is 4.98 Å². The molecule has 100 valence electrons. The normalized spacial score (nSPS) is 10.4. The van der Waals surface area contributed by atoms with E-state index in [1.165, 1.54) is 0 Å². The summed E-state index contributed by atoms with van der Waals surface area (Å²) >= 11 is 0. The summed E-state index contributed by atoms with van der Waals surface area (Å²) in [6.45, 7) is 0. The molecule has 0 fully saturated rings. The second-order valence-corrected chi connectivity index (χ2v) is 4.26. The highest BCUT2D eigenvalue weighted by Crippen LogP contribution is 2.20. The van der Waals surface area contributed by atoms with Crippen LogP contribution in [0.1, 0.15) is 10.5 Å². The van der Waals surface area contributed by atoms with Crippen molar-refractivity contribution in [3.05, 3.63) is 54.5 Å². The number of anilines is 1. The molecule has 0 atom stereocenters. The van der Waals surface area contributed by atoms with Crippen molar-refractivity contribution < 1.29 is 9.32 Å². The van der Waals surface area contributed by atoms with E-state index in [0.29, 0.717) is 11.7 Å². The van der Waals surface area contributed by atoms with Crippen LogP contribution in [0.2, 0.25) is 0 Å². The van der Waals surface area contributed by atoms with Crippen LogP contribution in [-0.4, -0.2) is 20.6 Å². The Bertz CT molecular complexity index is 730. The number of carbonyl (C=O) groups is 1. The van der Waals surface area contributed by atoms with E-state index in [1.807, 2.05) is 30.3 Å². The van der Waals surface area contributed by atoms with Crippen LogP contribution in [0.25, 0.3) is 11.3 Å². The molecular formula is C14H12N4O2. The minimum Gasteiger partial charge on any atom is -0.355 e. The van der Waals surface area contributed by atoms with Crippen LogP contribution >= 0.6 is 0 Å².